The minimum atomic E-state index is 0.0352. The van der Waals surface area contributed by atoms with Crippen molar-refractivity contribution in [2.24, 2.45) is 0 Å². The molecule has 0 spiro atoms. The molecule has 1 aromatic carbocycles. The van der Waals surface area contributed by atoms with Gasteiger partial charge in [0.15, 0.2) is 0 Å². The largest absolute Gasteiger partial charge is 0.493 e. The van der Waals surface area contributed by atoms with Gasteiger partial charge >= 0.3 is 0 Å². The van der Waals surface area contributed by atoms with E-state index in [0.29, 0.717) is 24.5 Å². The summed E-state index contributed by atoms with van der Waals surface area (Å²) in [7, 11) is 0. The number of hydrogen-bond acceptors (Lipinski definition) is 4. The van der Waals surface area contributed by atoms with Gasteiger partial charge in [0.1, 0.15) is 5.75 Å². The van der Waals surface area contributed by atoms with Crippen LogP contribution in [0.1, 0.15) is 19.3 Å². The number of carbonyl (C=O) groups is 1. The average molecular weight is 282 g/mol. The molecule has 5 heteroatoms. The highest BCUT2D eigenvalue weighted by atomic mass is 32.2. The quantitative estimate of drug-likeness (QED) is 0.539. The van der Waals surface area contributed by atoms with Crippen molar-refractivity contribution in [2.75, 3.05) is 30.9 Å². The van der Waals surface area contributed by atoms with E-state index < -0.39 is 0 Å². The third-order valence-corrected chi connectivity index (χ3v) is 3.25. The second kappa shape index (κ2) is 9.55. The Kier molecular flexibility index (Phi) is 7.89. The van der Waals surface area contributed by atoms with Gasteiger partial charge in [-0.15, -0.1) is 0 Å². The molecule has 3 N–H and O–H groups in total. The van der Waals surface area contributed by atoms with Crippen LogP contribution in [0.2, 0.25) is 0 Å². The standard InChI is InChI=1S/C14H22N2O2S/c1-19-10-3-2-8-16-14(17)7-9-18-13-6-4-5-12(15)11-13/h4-6,11H,2-3,7-10,15H2,1H3,(H,16,17). The number of nitrogens with one attached hydrogen (secondary N) is 1. The third-order valence-electron chi connectivity index (χ3n) is 2.55. The number of amides is 1. The van der Waals surface area contributed by atoms with Gasteiger partial charge < -0.3 is 15.8 Å². The Morgan fingerprint density at radius 1 is 1.42 bits per heavy atom. The van der Waals surface area contributed by atoms with Crippen molar-refractivity contribution >= 4 is 23.4 Å². The molecule has 0 fully saturated rings. The zero-order chi connectivity index (χ0) is 13.9. The summed E-state index contributed by atoms with van der Waals surface area (Å²) in [6.45, 7) is 1.12. The van der Waals surface area contributed by atoms with Gasteiger partial charge in [-0.2, -0.15) is 11.8 Å². The van der Waals surface area contributed by atoms with E-state index in [4.69, 9.17) is 10.5 Å². The van der Waals surface area contributed by atoms with Crippen LogP contribution in [0, 0.1) is 0 Å². The smallest absolute Gasteiger partial charge is 0.223 e. The topological polar surface area (TPSA) is 64.3 Å². The Balaban J connectivity index is 2.07. The summed E-state index contributed by atoms with van der Waals surface area (Å²) < 4.78 is 5.46. The SMILES string of the molecule is CSCCCCNC(=O)CCOc1cccc(N)c1. The number of anilines is 1. The molecule has 0 heterocycles. The molecule has 0 saturated heterocycles. The molecule has 0 atom stereocenters. The predicted octanol–water partition coefficient (Wildman–Crippen LogP) is 2.30. The van der Waals surface area contributed by atoms with Crippen molar-refractivity contribution < 1.29 is 9.53 Å². The van der Waals surface area contributed by atoms with Crippen molar-refractivity contribution in [2.45, 2.75) is 19.3 Å². The molecule has 1 amide bonds. The molecule has 0 aliphatic carbocycles. The highest BCUT2D eigenvalue weighted by molar-refractivity contribution is 7.98. The maximum Gasteiger partial charge on any atom is 0.223 e. The fourth-order valence-corrected chi connectivity index (χ4v) is 2.05. The molecular formula is C14H22N2O2S. The average Bonchev–Trinajstić information content (AvgIpc) is 2.38. The van der Waals surface area contributed by atoms with E-state index in [1.807, 2.05) is 23.9 Å². The number of unbranched alkanes of at least 4 members (excludes halogenated alkanes) is 1. The predicted molar refractivity (Wildman–Crippen MR) is 81.6 cm³/mol. The number of ether oxygens (including phenoxy) is 1. The number of hydrogen-bond donors (Lipinski definition) is 2. The number of benzene rings is 1. The first-order valence-electron chi connectivity index (χ1n) is 6.46. The summed E-state index contributed by atoms with van der Waals surface area (Å²) >= 11 is 1.83. The van der Waals surface area contributed by atoms with Crippen molar-refractivity contribution in [1.29, 1.82) is 0 Å². The summed E-state index contributed by atoms with van der Waals surface area (Å²) in [6, 6.07) is 7.21. The number of thioether (sulfide) groups is 1. The fraction of sp³-hybridized carbons (Fsp3) is 0.500. The molecule has 0 aliphatic heterocycles. The first-order chi connectivity index (χ1) is 9.22. The lowest BCUT2D eigenvalue weighted by atomic mass is 10.3. The highest BCUT2D eigenvalue weighted by Gasteiger charge is 2.01. The summed E-state index contributed by atoms with van der Waals surface area (Å²) in [5.74, 6) is 1.88. The zero-order valence-corrected chi connectivity index (χ0v) is 12.2. The van der Waals surface area contributed by atoms with Crippen molar-refractivity contribution in [3.63, 3.8) is 0 Å². The molecule has 0 aliphatic rings. The Morgan fingerprint density at radius 3 is 3.00 bits per heavy atom. The molecule has 1 aromatic rings. The Bertz CT molecular complexity index is 385. The van der Waals surface area contributed by atoms with Gasteiger partial charge in [0.25, 0.3) is 0 Å². The highest BCUT2D eigenvalue weighted by Crippen LogP contribution is 2.14. The minimum Gasteiger partial charge on any atom is -0.493 e. The van der Waals surface area contributed by atoms with Crippen LogP contribution < -0.4 is 15.8 Å². The third kappa shape index (κ3) is 7.62. The van der Waals surface area contributed by atoms with Gasteiger partial charge in [-0.1, -0.05) is 6.07 Å². The molecule has 0 unspecified atom stereocenters. The van der Waals surface area contributed by atoms with E-state index in [1.165, 1.54) is 0 Å². The van der Waals surface area contributed by atoms with Crippen LogP contribution in [-0.2, 0) is 4.79 Å². The van der Waals surface area contributed by atoms with Crippen LogP contribution in [0.4, 0.5) is 5.69 Å². The van der Waals surface area contributed by atoms with Gasteiger partial charge in [0.2, 0.25) is 5.91 Å². The van der Waals surface area contributed by atoms with Crippen LogP contribution in [0.3, 0.4) is 0 Å². The number of nitrogens with two attached hydrogens (primary N) is 1. The van der Waals surface area contributed by atoms with Gasteiger partial charge in [-0.05, 0) is 37.0 Å². The molecule has 1 rings (SSSR count). The van der Waals surface area contributed by atoms with E-state index in [9.17, 15) is 4.79 Å². The van der Waals surface area contributed by atoms with Gasteiger partial charge in [0.05, 0.1) is 13.0 Å². The van der Waals surface area contributed by atoms with Gasteiger partial charge in [0, 0.05) is 18.3 Å². The summed E-state index contributed by atoms with van der Waals surface area (Å²) in [5, 5.41) is 2.89. The lowest BCUT2D eigenvalue weighted by Crippen LogP contribution is -2.25. The van der Waals surface area contributed by atoms with Crippen LogP contribution in [0.15, 0.2) is 24.3 Å². The van der Waals surface area contributed by atoms with E-state index in [-0.39, 0.29) is 5.91 Å². The molecule has 0 bridgehead atoms. The Morgan fingerprint density at radius 2 is 2.26 bits per heavy atom. The normalized spacial score (nSPS) is 10.2. The van der Waals surface area contributed by atoms with Crippen molar-refractivity contribution in [3.8, 4) is 5.75 Å². The van der Waals surface area contributed by atoms with E-state index in [2.05, 4.69) is 11.6 Å². The first-order valence-corrected chi connectivity index (χ1v) is 7.85. The maximum absolute atomic E-state index is 11.5. The molecule has 19 heavy (non-hydrogen) atoms. The molecule has 4 nitrogen and oxygen atoms in total. The van der Waals surface area contributed by atoms with Crippen molar-refractivity contribution in [3.05, 3.63) is 24.3 Å². The first kappa shape index (κ1) is 15.7. The Labute approximate surface area is 119 Å². The monoisotopic (exact) mass is 282 g/mol. The van der Waals surface area contributed by atoms with Gasteiger partial charge in [-0.25, -0.2) is 0 Å². The van der Waals surface area contributed by atoms with Crippen LogP contribution in [-0.4, -0.2) is 31.1 Å². The van der Waals surface area contributed by atoms with Crippen LogP contribution in [0.25, 0.3) is 0 Å². The van der Waals surface area contributed by atoms with Crippen molar-refractivity contribution in [1.82, 2.24) is 5.32 Å². The van der Waals surface area contributed by atoms with Gasteiger partial charge in [-0.3, -0.25) is 4.79 Å². The number of nitrogen functional groups attached to an aromatic ring is 1. The second-order valence-corrected chi connectivity index (χ2v) is 5.21. The maximum atomic E-state index is 11.5. The van der Waals surface area contributed by atoms with E-state index in [0.717, 1.165) is 25.1 Å². The minimum absolute atomic E-state index is 0.0352. The molecule has 0 saturated carbocycles. The van der Waals surface area contributed by atoms with Crippen LogP contribution in [0.5, 0.6) is 5.75 Å². The zero-order valence-electron chi connectivity index (χ0n) is 11.4. The van der Waals surface area contributed by atoms with Crippen LogP contribution >= 0.6 is 11.8 Å². The fourth-order valence-electron chi connectivity index (χ4n) is 1.55. The molecule has 0 aromatic heterocycles. The molecule has 106 valence electrons. The number of rotatable bonds is 9. The summed E-state index contributed by atoms with van der Waals surface area (Å²) in [5.41, 5.74) is 6.30. The summed E-state index contributed by atoms with van der Waals surface area (Å²) in [6.07, 6.45) is 4.63. The number of carbonyl (C=O) groups excluding carboxylic acids is 1. The molecule has 0 radical (unpaired) electrons. The Hall–Kier alpha value is -1.36. The molecular weight excluding hydrogens is 260 g/mol. The summed E-state index contributed by atoms with van der Waals surface area (Å²) in [4.78, 5) is 11.5. The van der Waals surface area contributed by atoms with E-state index >= 15 is 0 Å². The lowest BCUT2D eigenvalue weighted by molar-refractivity contribution is -0.121. The lowest BCUT2D eigenvalue weighted by Gasteiger charge is -2.07. The van der Waals surface area contributed by atoms with E-state index in [1.54, 1.807) is 12.1 Å². The second-order valence-electron chi connectivity index (χ2n) is 4.22.